The third-order valence-electron chi connectivity index (χ3n) is 3.69. The Kier molecular flexibility index (Phi) is 5.35. The molecule has 2 heterocycles. The number of rotatable bonds is 7. The van der Waals surface area contributed by atoms with Crippen LogP contribution in [0.3, 0.4) is 0 Å². The summed E-state index contributed by atoms with van der Waals surface area (Å²) < 4.78 is 1.82. The summed E-state index contributed by atoms with van der Waals surface area (Å²) in [7, 11) is 0. The second-order valence-corrected chi connectivity index (χ2v) is 6.85. The highest BCUT2D eigenvalue weighted by atomic mass is 32.1. The smallest absolute Gasteiger partial charge is 0.220 e. The second kappa shape index (κ2) is 7.85. The Bertz CT molecular complexity index is 870. The van der Waals surface area contributed by atoms with Gasteiger partial charge in [0, 0.05) is 23.4 Å². The van der Waals surface area contributed by atoms with Crippen molar-refractivity contribution in [1.29, 1.82) is 0 Å². The van der Waals surface area contributed by atoms with E-state index in [2.05, 4.69) is 15.5 Å². The third-order valence-corrected chi connectivity index (χ3v) is 4.73. The maximum atomic E-state index is 12.0. The van der Waals surface area contributed by atoms with Crippen molar-refractivity contribution in [2.24, 2.45) is 0 Å². The molecule has 0 fully saturated rings. The summed E-state index contributed by atoms with van der Waals surface area (Å²) in [4.78, 5) is 25.8. The van der Waals surface area contributed by atoms with Gasteiger partial charge in [0.05, 0.1) is 11.4 Å². The van der Waals surface area contributed by atoms with E-state index in [1.807, 2.05) is 54.0 Å². The molecular formula is C18H18N4O2S. The Balaban J connectivity index is 1.52. The first-order valence-corrected chi connectivity index (χ1v) is 8.76. The number of carbonyl (C=O) groups excluding carboxylic acids is 2. The zero-order valence-corrected chi connectivity index (χ0v) is 14.6. The number of nitrogens with one attached hydrogen (secondary N) is 1. The number of aromatic nitrogens is 3. The van der Waals surface area contributed by atoms with Crippen LogP contribution in [0, 0.1) is 6.92 Å². The molecule has 7 heteroatoms. The van der Waals surface area contributed by atoms with Crippen molar-refractivity contribution in [2.45, 2.75) is 26.3 Å². The average molecular weight is 354 g/mol. The van der Waals surface area contributed by atoms with Gasteiger partial charge in [-0.15, -0.1) is 21.5 Å². The van der Waals surface area contributed by atoms with Gasteiger partial charge >= 0.3 is 0 Å². The van der Waals surface area contributed by atoms with Gasteiger partial charge in [-0.2, -0.15) is 0 Å². The predicted octanol–water partition coefficient (Wildman–Crippen LogP) is 2.92. The van der Waals surface area contributed by atoms with Crippen molar-refractivity contribution < 1.29 is 9.59 Å². The van der Waals surface area contributed by atoms with E-state index in [0.717, 1.165) is 10.6 Å². The Hall–Kier alpha value is -2.80. The maximum Gasteiger partial charge on any atom is 0.220 e. The molecule has 0 aliphatic rings. The molecule has 6 nitrogen and oxygen atoms in total. The Morgan fingerprint density at radius 2 is 1.92 bits per heavy atom. The Morgan fingerprint density at radius 1 is 1.12 bits per heavy atom. The molecule has 1 amide bonds. The van der Waals surface area contributed by atoms with E-state index < -0.39 is 0 Å². The van der Waals surface area contributed by atoms with Gasteiger partial charge in [0.2, 0.25) is 5.91 Å². The van der Waals surface area contributed by atoms with Gasteiger partial charge in [0.15, 0.2) is 11.6 Å². The number of Topliss-reactive ketones (excluding diaryl/α,β-unsaturated/α-hetero) is 1. The summed E-state index contributed by atoms with van der Waals surface area (Å²) in [6.07, 6.45) is 1.98. The van der Waals surface area contributed by atoms with Crippen LogP contribution in [-0.2, 0) is 11.3 Å². The van der Waals surface area contributed by atoms with Crippen LogP contribution in [0.4, 0.5) is 0 Å². The van der Waals surface area contributed by atoms with Crippen molar-refractivity contribution in [3.8, 4) is 5.69 Å². The maximum absolute atomic E-state index is 12.0. The molecule has 0 saturated heterocycles. The van der Waals surface area contributed by atoms with Gasteiger partial charge in [-0.3, -0.25) is 14.2 Å². The number of aryl methyl sites for hydroxylation is 1. The van der Waals surface area contributed by atoms with E-state index in [0.29, 0.717) is 10.7 Å². The molecule has 3 aromatic rings. The number of amides is 1. The van der Waals surface area contributed by atoms with Crippen LogP contribution in [-0.4, -0.2) is 26.5 Å². The van der Waals surface area contributed by atoms with E-state index in [-0.39, 0.29) is 31.1 Å². The monoisotopic (exact) mass is 354 g/mol. The third kappa shape index (κ3) is 4.39. The molecule has 0 aliphatic carbocycles. The molecule has 0 bridgehead atoms. The molecule has 25 heavy (non-hydrogen) atoms. The number of thiophene rings is 1. The highest BCUT2D eigenvalue weighted by Gasteiger charge is 2.12. The summed E-state index contributed by atoms with van der Waals surface area (Å²) in [6, 6.07) is 13.4. The van der Waals surface area contributed by atoms with E-state index in [1.165, 1.54) is 11.3 Å². The molecule has 3 rings (SSSR count). The minimum atomic E-state index is -0.177. The summed E-state index contributed by atoms with van der Waals surface area (Å²) in [6.45, 7) is 2.22. The summed E-state index contributed by atoms with van der Waals surface area (Å²) >= 11 is 1.46. The number of para-hydroxylation sites is 1. The summed E-state index contributed by atoms with van der Waals surface area (Å²) in [5, 5.41) is 10.7. The lowest BCUT2D eigenvalue weighted by atomic mass is 10.2. The van der Waals surface area contributed by atoms with E-state index in [4.69, 9.17) is 0 Å². The molecule has 0 unspecified atom stereocenters. The molecule has 2 aromatic heterocycles. The summed E-state index contributed by atoms with van der Waals surface area (Å²) in [5.41, 5.74) is 0.931. The molecule has 1 aromatic carbocycles. The first-order chi connectivity index (χ1) is 12.1. The number of hydrogen-bond donors (Lipinski definition) is 1. The van der Waals surface area contributed by atoms with Crippen LogP contribution >= 0.6 is 11.3 Å². The van der Waals surface area contributed by atoms with Crippen LogP contribution in [0.5, 0.6) is 0 Å². The minimum Gasteiger partial charge on any atom is -0.349 e. The van der Waals surface area contributed by atoms with Crippen LogP contribution in [0.15, 0.2) is 48.8 Å². The van der Waals surface area contributed by atoms with Crippen molar-refractivity contribution in [1.82, 2.24) is 20.1 Å². The number of hydrogen-bond acceptors (Lipinski definition) is 5. The molecule has 0 atom stereocenters. The van der Waals surface area contributed by atoms with E-state index in [1.54, 1.807) is 6.33 Å². The quantitative estimate of drug-likeness (QED) is 0.662. The van der Waals surface area contributed by atoms with Gasteiger partial charge in [-0.25, -0.2) is 0 Å². The Morgan fingerprint density at radius 3 is 2.64 bits per heavy atom. The van der Waals surface area contributed by atoms with Gasteiger partial charge in [0.25, 0.3) is 0 Å². The van der Waals surface area contributed by atoms with Crippen molar-refractivity contribution in [3.63, 3.8) is 0 Å². The zero-order chi connectivity index (χ0) is 17.6. The molecule has 0 spiro atoms. The Labute approximate surface area is 149 Å². The van der Waals surface area contributed by atoms with Crippen LogP contribution in [0.25, 0.3) is 5.69 Å². The summed E-state index contributed by atoms with van der Waals surface area (Å²) in [5.74, 6) is 0.463. The van der Waals surface area contributed by atoms with Gasteiger partial charge in [0.1, 0.15) is 6.33 Å². The predicted molar refractivity (Wildman–Crippen MR) is 95.8 cm³/mol. The lowest BCUT2D eigenvalue weighted by molar-refractivity contribution is -0.121. The number of nitrogens with zero attached hydrogens (tertiary/aromatic N) is 3. The highest BCUT2D eigenvalue weighted by molar-refractivity contribution is 7.14. The topological polar surface area (TPSA) is 76.9 Å². The molecule has 128 valence electrons. The first kappa shape index (κ1) is 17.0. The highest BCUT2D eigenvalue weighted by Crippen LogP contribution is 2.17. The van der Waals surface area contributed by atoms with Gasteiger partial charge in [-0.1, -0.05) is 18.2 Å². The van der Waals surface area contributed by atoms with Crippen molar-refractivity contribution >= 4 is 23.0 Å². The second-order valence-electron chi connectivity index (χ2n) is 5.56. The van der Waals surface area contributed by atoms with E-state index >= 15 is 0 Å². The standard InChI is InChI=1S/C18H18N4O2S/c1-13-7-9-16(25-13)15(23)8-10-18(24)19-11-17-21-20-12-22(17)14-5-3-2-4-6-14/h2-7,9,12H,8,10-11H2,1H3,(H,19,24). The zero-order valence-electron chi connectivity index (χ0n) is 13.8. The van der Waals surface area contributed by atoms with Crippen molar-refractivity contribution in [3.05, 3.63) is 64.4 Å². The van der Waals surface area contributed by atoms with Crippen molar-refractivity contribution in [2.75, 3.05) is 0 Å². The molecule has 0 aliphatic heterocycles. The normalized spacial score (nSPS) is 10.6. The SMILES string of the molecule is Cc1ccc(C(=O)CCC(=O)NCc2nncn2-c2ccccc2)s1. The molecule has 0 radical (unpaired) electrons. The number of carbonyl (C=O) groups is 2. The fraction of sp³-hybridized carbons (Fsp3) is 0.222. The van der Waals surface area contributed by atoms with Gasteiger partial charge < -0.3 is 5.32 Å². The minimum absolute atomic E-state index is 0.000650. The first-order valence-electron chi connectivity index (χ1n) is 7.94. The fourth-order valence-corrected chi connectivity index (χ4v) is 3.22. The lowest BCUT2D eigenvalue weighted by Gasteiger charge is -2.07. The van der Waals surface area contributed by atoms with Crippen LogP contribution in [0.2, 0.25) is 0 Å². The number of benzene rings is 1. The fourth-order valence-electron chi connectivity index (χ4n) is 2.38. The van der Waals surface area contributed by atoms with Crippen LogP contribution < -0.4 is 5.32 Å². The van der Waals surface area contributed by atoms with E-state index in [9.17, 15) is 9.59 Å². The average Bonchev–Trinajstić information content (AvgIpc) is 3.27. The molecular weight excluding hydrogens is 336 g/mol. The van der Waals surface area contributed by atoms with Gasteiger partial charge in [-0.05, 0) is 31.2 Å². The molecule has 1 N–H and O–H groups in total. The van der Waals surface area contributed by atoms with Crippen LogP contribution in [0.1, 0.15) is 33.2 Å². The largest absolute Gasteiger partial charge is 0.349 e. The molecule has 0 saturated carbocycles. The lowest BCUT2D eigenvalue weighted by Crippen LogP contribution is -2.24. The number of ketones is 1.